The normalized spacial score (nSPS) is 19.7. The third kappa shape index (κ3) is 2.89. The van der Waals surface area contributed by atoms with Crippen LogP contribution in [0.4, 0.5) is 0 Å². The number of hydrogen-bond acceptors (Lipinski definition) is 3. The van der Waals surface area contributed by atoms with Gasteiger partial charge >= 0.3 is 5.97 Å². The minimum absolute atomic E-state index is 0.284. The zero-order valence-electron chi connectivity index (χ0n) is 10.5. The fourth-order valence-electron chi connectivity index (χ4n) is 2.49. The van der Waals surface area contributed by atoms with Crippen molar-refractivity contribution in [1.29, 1.82) is 0 Å². The van der Waals surface area contributed by atoms with Gasteiger partial charge in [-0.15, -0.1) is 0 Å². The number of carboxylic acids is 1. The summed E-state index contributed by atoms with van der Waals surface area (Å²) in [6.45, 7) is 3.22. The highest BCUT2D eigenvalue weighted by Crippen LogP contribution is 2.25. The van der Waals surface area contributed by atoms with E-state index in [0.29, 0.717) is 25.9 Å². The number of likely N-dealkylation sites (tertiary alicyclic amines) is 1. The zero-order chi connectivity index (χ0) is 13.1. The Hall–Kier alpha value is -1.39. The second kappa shape index (κ2) is 5.50. The van der Waals surface area contributed by atoms with Crippen LogP contribution in [0.1, 0.15) is 30.0 Å². The molecule has 98 valence electrons. The second-order valence-corrected chi connectivity index (χ2v) is 4.92. The predicted molar refractivity (Wildman–Crippen MR) is 68.4 cm³/mol. The maximum Gasteiger partial charge on any atom is 0.325 e. The number of aliphatic hydroxyl groups excluding tert-OH is 1. The first-order valence-corrected chi connectivity index (χ1v) is 6.29. The molecule has 1 aliphatic heterocycles. The summed E-state index contributed by atoms with van der Waals surface area (Å²) in [6.07, 6.45) is 1.01. The molecule has 0 radical (unpaired) electrons. The van der Waals surface area contributed by atoms with Gasteiger partial charge in [-0.3, -0.25) is 9.69 Å². The van der Waals surface area contributed by atoms with E-state index in [1.54, 1.807) is 0 Å². The lowest BCUT2D eigenvalue weighted by atomic mass is 9.99. The molecule has 1 aromatic rings. The number of nitrogens with zero attached hydrogens (tertiary/aromatic N) is 1. The first kappa shape index (κ1) is 13.1. The summed E-state index contributed by atoms with van der Waals surface area (Å²) in [6, 6.07) is 7.03. The van der Waals surface area contributed by atoms with Crippen molar-refractivity contribution >= 4 is 5.97 Å². The SMILES string of the molecule is Cc1cccc(C(C(=O)O)N2CCC(O)CC2)c1. The molecular weight excluding hydrogens is 230 g/mol. The summed E-state index contributed by atoms with van der Waals surface area (Å²) >= 11 is 0. The van der Waals surface area contributed by atoms with Crippen LogP contribution in [0.15, 0.2) is 24.3 Å². The van der Waals surface area contributed by atoms with Gasteiger partial charge in [0, 0.05) is 13.1 Å². The van der Waals surface area contributed by atoms with E-state index in [2.05, 4.69) is 0 Å². The average molecular weight is 249 g/mol. The largest absolute Gasteiger partial charge is 0.480 e. The van der Waals surface area contributed by atoms with Gasteiger partial charge in [0.25, 0.3) is 0 Å². The number of piperidine rings is 1. The van der Waals surface area contributed by atoms with Gasteiger partial charge < -0.3 is 10.2 Å². The monoisotopic (exact) mass is 249 g/mol. The van der Waals surface area contributed by atoms with E-state index < -0.39 is 12.0 Å². The van der Waals surface area contributed by atoms with Gasteiger partial charge in [-0.1, -0.05) is 29.8 Å². The van der Waals surface area contributed by atoms with E-state index in [9.17, 15) is 15.0 Å². The van der Waals surface area contributed by atoms with Crippen molar-refractivity contribution in [1.82, 2.24) is 4.90 Å². The molecule has 18 heavy (non-hydrogen) atoms. The number of hydrogen-bond donors (Lipinski definition) is 2. The number of aryl methyl sites for hydroxylation is 1. The van der Waals surface area contributed by atoms with Crippen molar-refractivity contribution in [2.24, 2.45) is 0 Å². The molecule has 0 bridgehead atoms. The van der Waals surface area contributed by atoms with Gasteiger partial charge in [-0.05, 0) is 25.3 Å². The van der Waals surface area contributed by atoms with Crippen LogP contribution in [-0.2, 0) is 4.79 Å². The molecule has 1 fully saturated rings. The van der Waals surface area contributed by atoms with Crippen LogP contribution in [0.5, 0.6) is 0 Å². The van der Waals surface area contributed by atoms with Crippen LogP contribution in [-0.4, -0.2) is 40.3 Å². The predicted octanol–water partition coefficient (Wildman–Crippen LogP) is 1.58. The first-order valence-electron chi connectivity index (χ1n) is 6.29. The molecule has 2 N–H and O–H groups in total. The van der Waals surface area contributed by atoms with Gasteiger partial charge in [0.1, 0.15) is 6.04 Å². The summed E-state index contributed by atoms with van der Waals surface area (Å²) in [5.41, 5.74) is 1.88. The third-order valence-electron chi connectivity index (χ3n) is 3.46. The van der Waals surface area contributed by atoms with Crippen LogP contribution in [0.25, 0.3) is 0 Å². The fourth-order valence-corrected chi connectivity index (χ4v) is 2.49. The molecule has 1 aromatic carbocycles. The molecule has 1 atom stereocenters. The minimum Gasteiger partial charge on any atom is -0.480 e. The van der Waals surface area contributed by atoms with Crippen molar-refractivity contribution in [3.63, 3.8) is 0 Å². The van der Waals surface area contributed by atoms with Crippen LogP contribution in [0.3, 0.4) is 0 Å². The van der Waals surface area contributed by atoms with Crippen LogP contribution < -0.4 is 0 Å². The van der Waals surface area contributed by atoms with Crippen LogP contribution >= 0.6 is 0 Å². The molecule has 1 unspecified atom stereocenters. The summed E-state index contributed by atoms with van der Waals surface area (Å²) in [4.78, 5) is 13.4. The molecule has 0 aromatic heterocycles. The maximum atomic E-state index is 11.5. The highest BCUT2D eigenvalue weighted by atomic mass is 16.4. The maximum absolute atomic E-state index is 11.5. The van der Waals surface area contributed by atoms with Crippen molar-refractivity contribution < 1.29 is 15.0 Å². The standard InChI is InChI=1S/C14H19NO3/c1-10-3-2-4-11(9-10)13(14(17)18)15-7-5-12(16)6-8-15/h2-4,9,12-13,16H,5-8H2,1H3,(H,17,18). The Morgan fingerprint density at radius 3 is 2.61 bits per heavy atom. The van der Waals surface area contributed by atoms with E-state index >= 15 is 0 Å². The lowest BCUT2D eigenvalue weighted by Gasteiger charge is -2.34. The first-order chi connectivity index (χ1) is 8.58. The van der Waals surface area contributed by atoms with E-state index in [1.807, 2.05) is 36.1 Å². The van der Waals surface area contributed by atoms with Crippen molar-refractivity contribution in [3.8, 4) is 0 Å². The van der Waals surface area contributed by atoms with Gasteiger partial charge in [-0.25, -0.2) is 0 Å². The van der Waals surface area contributed by atoms with Crippen LogP contribution in [0.2, 0.25) is 0 Å². The number of aliphatic hydroxyl groups is 1. The topological polar surface area (TPSA) is 60.8 Å². The number of carboxylic acid groups (broad SMARTS) is 1. The van der Waals surface area contributed by atoms with Gasteiger partial charge in [0.2, 0.25) is 0 Å². The van der Waals surface area contributed by atoms with E-state index in [1.165, 1.54) is 0 Å². The third-order valence-corrected chi connectivity index (χ3v) is 3.46. The van der Waals surface area contributed by atoms with E-state index in [0.717, 1.165) is 11.1 Å². The second-order valence-electron chi connectivity index (χ2n) is 4.92. The minimum atomic E-state index is -0.822. The van der Waals surface area contributed by atoms with Crippen molar-refractivity contribution in [3.05, 3.63) is 35.4 Å². The molecule has 0 saturated carbocycles. The lowest BCUT2D eigenvalue weighted by Crippen LogP contribution is -2.41. The fraction of sp³-hybridized carbons (Fsp3) is 0.500. The van der Waals surface area contributed by atoms with Gasteiger partial charge in [0.05, 0.1) is 6.10 Å². The highest BCUT2D eigenvalue weighted by molar-refractivity contribution is 5.75. The molecule has 1 heterocycles. The molecule has 4 heteroatoms. The summed E-state index contributed by atoms with van der Waals surface area (Å²) < 4.78 is 0. The zero-order valence-corrected chi connectivity index (χ0v) is 10.5. The summed E-state index contributed by atoms with van der Waals surface area (Å²) in [5, 5.41) is 18.9. The van der Waals surface area contributed by atoms with E-state index in [4.69, 9.17) is 0 Å². The van der Waals surface area contributed by atoms with Gasteiger partial charge in [0.15, 0.2) is 0 Å². The molecule has 2 rings (SSSR count). The van der Waals surface area contributed by atoms with Gasteiger partial charge in [-0.2, -0.15) is 0 Å². The molecule has 0 aliphatic carbocycles. The Kier molecular flexibility index (Phi) is 3.99. The molecule has 0 spiro atoms. The number of carbonyl (C=O) groups is 1. The van der Waals surface area contributed by atoms with E-state index in [-0.39, 0.29) is 6.10 Å². The average Bonchev–Trinajstić information content (AvgIpc) is 2.32. The number of benzene rings is 1. The number of aliphatic carboxylic acids is 1. The molecule has 0 amide bonds. The Morgan fingerprint density at radius 2 is 2.06 bits per heavy atom. The highest BCUT2D eigenvalue weighted by Gasteiger charge is 2.30. The van der Waals surface area contributed by atoms with Crippen molar-refractivity contribution in [2.45, 2.75) is 31.9 Å². The number of rotatable bonds is 3. The van der Waals surface area contributed by atoms with Crippen LogP contribution in [0, 0.1) is 6.92 Å². The van der Waals surface area contributed by atoms with Crippen molar-refractivity contribution in [2.75, 3.05) is 13.1 Å². The Balaban J connectivity index is 2.21. The lowest BCUT2D eigenvalue weighted by molar-refractivity contribution is -0.144. The molecule has 1 aliphatic rings. The summed E-state index contributed by atoms with van der Waals surface area (Å²) in [7, 11) is 0. The smallest absolute Gasteiger partial charge is 0.325 e. The summed E-state index contributed by atoms with van der Waals surface area (Å²) in [5.74, 6) is -0.822. The Bertz CT molecular complexity index is 425. The molecule has 4 nitrogen and oxygen atoms in total. The Morgan fingerprint density at radius 1 is 1.39 bits per heavy atom. The Labute approximate surface area is 107 Å². The quantitative estimate of drug-likeness (QED) is 0.853. The molecule has 1 saturated heterocycles. The molecular formula is C14H19NO3.